The Kier molecular flexibility index (Phi) is 3.75. The monoisotopic (exact) mass is 213 g/mol. The Morgan fingerprint density at radius 1 is 1.53 bits per heavy atom. The zero-order valence-corrected chi connectivity index (χ0v) is 8.11. The minimum atomic E-state index is -0.879. The third-order valence-corrected chi connectivity index (χ3v) is 1.39. The molecule has 1 rings (SSSR count). The van der Waals surface area contributed by atoms with E-state index in [0.29, 0.717) is 11.7 Å². The number of hydrogen-bond donors (Lipinski definition) is 3. The number of nitrogens with two attached hydrogens (primary N) is 1. The van der Waals surface area contributed by atoms with Crippen LogP contribution in [0.3, 0.4) is 0 Å². The maximum Gasteiger partial charge on any atom is 0.318 e. The van der Waals surface area contributed by atoms with Crippen LogP contribution in [0, 0.1) is 6.92 Å². The summed E-state index contributed by atoms with van der Waals surface area (Å²) in [7, 11) is 0. The van der Waals surface area contributed by atoms with E-state index in [-0.39, 0.29) is 13.1 Å². The van der Waals surface area contributed by atoms with Gasteiger partial charge in [0.05, 0.1) is 13.1 Å². The Morgan fingerprint density at radius 2 is 2.27 bits per heavy atom. The van der Waals surface area contributed by atoms with Crippen molar-refractivity contribution in [2.24, 2.45) is 5.73 Å². The van der Waals surface area contributed by atoms with Crippen LogP contribution in [0.5, 0.6) is 0 Å². The minimum absolute atomic E-state index is 0.0512. The Morgan fingerprint density at radius 3 is 2.80 bits per heavy atom. The molecule has 0 fully saturated rings. The van der Waals surface area contributed by atoms with E-state index < -0.39 is 11.9 Å². The molecule has 0 aliphatic rings. The van der Waals surface area contributed by atoms with Crippen LogP contribution in [0.2, 0.25) is 0 Å². The molecule has 3 amide bonds. The van der Waals surface area contributed by atoms with Gasteiger partial charge in [0.15, 0.2) is 5.82 Å². The Bertz CT molecular complexity index is 361. The maximum atomic E-state index is 10.9. The van der Waals surface area contributed by atoms with Crippen molar-refractivity contribution in [3.05, 3.63) is 11.7 Å². The van der Waals surface area contributed by atoms with Crippen LogP contribution in [0.1, 0.15) is 11.7 Å². The number of rotatable bonds is 4. The molecule has 82 valence electrons. The zero-order valence-electron chi connectivity index (χ0n) is 8.11. The Labute approximate surface area is 85.2 Å². The van der Waals surface area contributed by atoms with Crippen LogP contribution in [0.4, 0.5) is 4.79 Å². The van der Waals surface area contributed by atoms with Gasteiger partial charge in [0.25, 0.3) is 0 Å². The molecule has 0 saturated carbocycles. The smallest absolute Gasteiger partial charge is 0.318 e. The first-order valence-corrected chi connectivity index (χ1v) is 4.17. The van der Waals surface area contributed by atoms with E-state index in [1.807, 2.05) is 5.32 Å². The van der Waals surface area contributed by atoms with E-state index in [2.05, 4.69) is 15.5 Å². The molecule has 0 aromatic carbocycles. The molecule has 0 atom stereocenters. The van der Waals surface area contributed by atoms with Crippen LogP contribution in [0.25, 0.3) is 0 Å². The molecule has 8 nitrogen and oxygen atoms in total. The molecule has 8 heteroatoms. The quantitative estimate of drug-likeness (QED) is 0.569. The van der Waals surface area contributed by atoms with Crippen molar-refractivity contribution in [3.8, 4) is 0 Å². The number of hydrogen-bond acceptors (Lipinski definition) is 6. The fraction of sp³-hybridized carbons (Fsp3) is 0.429. The average Bonchev–Trinajstić information content (AvgIpc) is 2.50. The average molecular weight is 213 g/mol. The summed E-state index contributed by atoms with van der Waals surface area (Å²) >= 11 is 0. The standard InChI is InChI=1S/C7H11N5O3/c1-4-10-6(15-12-4)3-9-2-5(13)11-7(8)14/h9H,2-3H2,1H3,(H3,8,11,13,14). The van der Waals surface area contributed by atoms with Crippen molar-refractivity contribution < 1.29 is 14.1 Å². The van der Waals surface area contributed by atoms with E-state index >= 15 is 0 Å². The summed E-state index contributed by atoms with van der Waals surface area (Å²) in [5.41, 5.74) is 4.74. The fourth-order valence-electron chi connectivity index (χ4n) is 0.876. The van der Waals surface area contributed by atoms with Gasteiger partial charge in [-0.3, -0.25) is 15.4 Å². The lowest BCUT2D eigenvalue weighted by molar-refractivity contribution is -0.119. The summed E-state index contributed by atoms with van der Waals surface area (Å²) in [6, 6.07) is -0.879. The third-order valence-electron chi connectivity index (χ3n) is 1.39. The van der Waals surface area contributed by atoms with E-state index in [1.54, 1.807) is 6.92 Å². The lowest BCUT2D eigenvalue weighted by atomic mass is 10.5. The lowest BCUT2D eigenvalue weighted by Crippen LogP contribution is -2.40. The number of urea groups is 1. The highest BCUT2D eigenvalue weighted by molar-refractivity contribution is 5.94. The largest absolute Gasteiger partial charge is 0.351 e. The predicted octanol–water partition coefficient (Wildman–Crippen LogP) is -1.34. The molecule has 0 radical (unpaired) electrons. The summed E-state index contributed by atoms with van der Waals surface area (Å²) in [6.07, 6.45) is 0. The van der Waals surface area contributed by atoms with E-state index in [9.17, 15) is 9.59 Å². The van der Waals surface area contributed by atoms with E-state index in [1.165, 1.54) is 0 Å². The first-order valence-electron chi connectivity index (χ1n) is 4.17. The molecule has 15 heavy (non-hydrogen) atoms. The number of primary amides is 1. The van der Waals surface area contributed by atoms with Crippen molar-refractivity contribution in [1.82, 2.24) is 20.8 Å². The van der Waals surface area contributed by atoms with Crippen molar-refractivity contribution in [2.75, 3.05) is 6.54 Å². The number of aromatic nitrogens is 2. The molecule has 0 unspecified atom stereocenters. The SMILES string of the molecule is Cc1noc(CNCC(=O)NC(N)=O)n1. The van der Waals surface area contributed by atoms with Gasteiger partial charge >= 0.3 is 6.03 Å². The maximum absolute atomic E-state index is 10.9. The van der Waals surface area contributed by atoms with Crippen molar-refractivity contribution in [1.29, 1.82) is 0 Å². The number of amides is 3. The molecule has 0 aliphatic carbocycles. The fourth-order valence-corrected chi connectivity index (χ4v) is 0.876. The zero-order chi connectivity index (χ0) is 11.3. The van der Waals surface area contributed by atoms with Gasteiger partial charge in [-0.15, -0.1) is 0 Å². The van der Waals surface area contributed by atoms with Gasteiger partial charge in [-0.25, -0.2) is 4.79 Å². The predicted molar refractivity (Wildman–Crippen MR) is 48.5 cm³/mol. The second-order valence-electron chi connectivity index (χ2n) is 2.75. The van der Waals surface area contributed by atoms with Gasteiger partial charge in [0, 0.05) is 0 Å². The first-order chi connectivity index (χ1) is 7.08. The van der Waals surface area contributed by atoms with Crippen molar-refractivity contribution in [3.63, 3.8) is 0 Å². The number of nitrogens with one attached hydrogen (secondary N) is 2. The molecule has 0 aliphatic heterocycles. The van der Waals surface area contributed by atoms with E-state index in [4.69, 9.17) is 10.3 Å². The highest BCUT2D eigenvalue weighted by Gasteiger charge is 2.05. The molecular formula is C7H11N5O3. The van der Waals surface area contributed by atoms with Crippen LogP contribution < -0.4 is 16.4 Å². The van der Waals surface area contributed by atoms with E-state index in [0.717, 1.165) is 0 Å². The first kappa shape index (κ1) is 11.1. The minimum Gasteiger partial charge on any atom is -0.351 e. The Hall–Kier alpha value is -1.96. The summed E-state index contributed by atoms with van der Waals surface area (Å²) in [5.74, 6) is 0.381. The molecule has 4 N–H and O–H groups in total. The van der Waals surface area contributed by atoms with Crippen molar-refractivity contribution in [2.45, 2.75) is 13.5 Å². The second-order valence-corrected chi connectivity index (χ2v) is 2.75. The molecule has 0 spiro atoms. The van der Waals surface area contributed by atoms with Crippen molar-refractivity contribution >= 4 is 11.9 Å². The molecular weight excluding hydrogens is 202 g/mol. The van der Waals surface area contributed by atoms with Crippen LogP contribution in [0.15, 0.2) is 4.52 Å². The van der Waals surface area contributed by atoms with Crippen LogP contribution >= 0.6 is 0 Å². The number of nitrogens with zero attached hydrogens (tertiary/aromatic N) is 2. The topological polar surface area (TPSA) is 123 Å². The summed E-state index contributed by atoms with van der Waals surface area (Å²) in [4.78, 5) is 25.1. The summed E-state index contributed by atoms with van der Waals surface area (Å²) < 4.78 is 4.78. The number of carbonyl (C=O) groups is 2. The number of carbonyl (C=O) groups excluding carboxylic acids is 2. The second kappa shape index (κ2) is 5.05. The molecule has 1 aromatic heterocycles. The highest BCUT2D eigenvalue weighted by atomic mass is 16.5. The number of imide groups is 1. The molecule has 1 heterocycles. The van der Waals surface area contributed by atoms with Crippen LogP contribution in [-0.2, 0) is 11.3 Å². The van der Waals surface area contributed by atoms with Gasteiger partial charge < -0.3 is 10.3 Å². The summed E-state index contributed by atoms with van der Waals surface area (Å²) in [5, 5.41) is 8.17. The molecule has 0 bridgehead atoms. The third kappa shape index (κ3) is 4.18. The molecule has 1 aromatic rings. The normalized spacial score (nSPS) is 9.93. The lowest BCUT2D eigenvalue weighted by Gasteiger charge is -2.00. The van der Waals surface area contributed by atoms with Gasteiger partial charge in [0.1, 0.15) is 0 Å². The van der Waals surface area contributed by atoms with Crippen LogP contribution in [-0.4, -0.2) is 28.6 Å². The van der Waals surface area contributed by atoms with Gasteiger partial charge in [-0.2, -0.15) is 4.98 Å². The Balaban J connectivity index is 2.22. The highest BCUT2D eigenvalue weighted by Crippen LogP contribution is 1.93. The van der Waals surface area contributed by atoms with Gasteiger partial charge in [-0.1, -0.05) is 5.16 Å². The molecule has 0 saturated heterocycles. The van der Waals surface area contributed by atoms with Gasteiger partial charge in [0.2, 0.25) is 11.8 Å². The summed E-state index contributed by atoms with van der Waals surface area (Å²) in [6.45, 7) is 1.89. The number of aryl methyl sites for hydroxylation is 1. The van der Waals surface area contributed by atoms with Gasteiger partial charge in [-0.05, 0) is 6.92 Å².